The van der Waals surface area contributed by atoms with E-state index >= 15 is 0 Å². The summed E-state index contributed by atoms with van der Waals surface area (Å²) in [6.07, 6.45) is 6.11. The number of halogens is 2. The predicted octanol–water partition coefficient (Wildman–Crippen LogP) is 2.18. The van der Waals surface area contributed by atoms with Crippen molar-refractivity contribution in [1.82, 2.24) is 24.2 Å². The van der Waals surface area contributed by atoms with Gasteiger partial charge in [0.05, 0.1) is 18.1 Å². The molecule has 1 aliphatic heterocycles. The summed E-state index contributed by atoms with van der Waals surface area (Å²) in [5.74, 6) is 1.79. The van der Waals surface area contributed by atoms with Gasteiger partial charge in [0, 0.05) is 43.7 Å². The lowest BCUT2D eigenvalue weighted by atomic mass is 10.2. The van der Waals surface area contributed by atoms with E-state index in [1.54, 1.807) is 6.20 Å². The highest BCUT2D eigenvalue weighted by Gasteiger charge is 2.41. The van der Waals surface area contributed by atoms with Crippen molar-refractivity contribution in [3.8, 4) is 11.3 Å². The molecule has 2 atom stereocenters. The standard InChI is InChI=1S/C16H19F2N5O/c1-10-6-12(10)15(24)21-3-2-14-19-8-13(22(14)5-4-21)11-7-20-23(9-11)16(17)18/h7-10,12,16H,2-6H2,1H3/t10-,12+/m0/s1. The number of hydrogen-bond acceptors (Lipinski definition) is 3. The van der Waals surface area contributed by atoms with Gasteiger partial charge < -0.3 is 9.47 Å². The third kappa shape index (κ3) is 2.59. The molecule has 3 heterocycles. The van der Waals surface area contributed by atoms with Crippen LogP contribution < -0.4 is 0 Å². The Morgan fingerprint density at radius 1 is 1.29 bits per heavy atom. The monoisotopic (exact) mass is 335 g/mol. The van der Waals surface area contributed by atoms with Crippen molar-refractivity contribution in [2.24, 2.45) is 11.8 Å². The first-order valence-corrected chi connectivity index (χ1v) is 8.20. The second-order valence-electron chi connectivity index (χ2n) is 6.59. The summed E-state index contributed by atoms with van der Waals surface area (Å²) in [4.78, 5) is 18.8. The zero-order valence-corrected chi connectivity index (χ0v) is 13.4. The number of carbonyl (C=O) groups is 1. The third-order valence-corrected chi connectivity index (χ3v) is 4.97. The van der Waals surface area contributed by atoms with Gasteiger partial charge in [0.2, 0.25) is 5.91 Å². The Balaban J connectivity index is 1.54. The Labute approximate surface area is 138 Å². The molecule has 0 unspecified atom stereocenters. The van der Waals surface area contributed by atoms with Gasteiger partial charge in [-0.25, -0.2) is 9.67 Å². The van der Waals surface area contributed by atoms with Gasteiger partial charge in [-0.15, -0.1) is 0 Å². The molecule has 2 aliphatic rings. The summed E-state index contributed by atoms with van der Waals surface area (Å²) >= 11 is 0. The summed E-state index contributed by atoms with van der Waals surface area (Å²) < 4.78 is 28.1. The van der Waals surface area contributed by atoms with Gasteiger partial charge in [0.15, 0.2) is 0 Å². The van der Waals surface area contributed by atoms with E-state index in [-0.39, 0.29) is 11.8 Å². The number of hydrogen-bond donors (Lipinski definition) is 0. The maximum absolute atomic E-state index is 12.7. The van der Waals surface area contributed by atoms with Crippen LogP contribution in [0, 0.1) is 11.8 Å². The summed E-state index contributed by atoms with van der Waals surface area (Å²) in [6, 6.07) is 0. The van der Waals surface area contributed by atoms with Crippen LogP contribution in [0.5, 0.6) is 0 Å². The first-order chi connectivity index (χ1) is 11.5. The molecule has 4 rings (SSSR count). The van der Waals surface area contributed by atoms with E-state index in [0.29, 0.717) is 42.2 Å². The number of carbonyl (C=O) groups excluding carboxylic acids is 1. The minimum Gasteiger partial charge on any atom is -0.340 e. The summed E-state index contributed by atoms with van der Waals surface area (Å²) in [5, 5.41) is 3.69. The highest BCUT2D eigenvalue weighted by molar-refractivity contribution is 5.81. The molecule has 1 saturated carbocycles. The fraction of sp³-hybridized carbons (Fsp3) is 0.562. The van der Waals surface area contributed by atoms with Gasteiger partial charge in [-0.2, -0.15) is 13.9 Å². The molecule has 0 bridgehead atoms. The molecule has 0 saturated heterocycles. The van der Waals surface area contributed by atoms with Crippen LogP contribution in [-0.2, 0) is 17.8 Å². The highest BCUT2D eigenvalue weighted by atomic mass is 19.3. The van der Waals surface area contributed by atoms with Gasteiger partial charge in [-0.05, 0) is 12.3 Å². The van der Waals surface area contributed by atoms with Crippen LogP contribution in [0.25, 0.3) is 11.3 Å². The van der Waals surface area contributed by atoms with Crippen LogP contribution >= 0.6 is 0 Å². The average Bonchev–Trinajstić information content (AvgIpc) is 2.97. The molecule has 2 aromatic rings. The number of alkyl halides is 2. The van der Waals surface area contributed by atoms with Crippen molar-refractivity contribution >= 4 is 5.91 Å². The molecular formula is C16H19F2N5O. The molecule has 6 nitrogen and oxygen atoms in total. The van der Waals surface area contributed by atoms with Crippen LogP contribution in [0.3, 0.4) is 0 Å². The lowest BCUT2D eigenvalue weighted by molar-refractivity contribution is -0.132. The zero-order valence-electron chi connectivity index (χ0n) is 13.4. The van der Waals surface area contributed by atoms with Crippen molar-refractivity contribution in [3.05, 3.63) is 24.4 Å². The maximum Gasteiger partial charge on any atom is 0.333 e. The number of rotatable bonds is 3. The molecule has 1 fully saturated rings. The molecule has 1 amide bonds. The van der Waals surface area contributed by atoms with Crippen LogP contribution in [0.2, 0.25) is 0 Å². The number of amides is 1. The van der Waals surface area contributed by atoms with E-state index in [1.807, 2.05) is 9.47 Å². The predicted molar refractivity (Wildman–Crippen MR) is 82.3 cm³/mol. The van der Waals surface area contributed by atoms with E-state index in [0.717, 1.165) is 17.9 Å². The smallest absolute Gasteiger partial charge is 0.333 e. The van der Waals surface area contributed by atoms with Crippen LogP contribution in [0.15, 0.2) is 18.6 Å². The summed E-state index contributed by atoms with van der Waals surface area (Å²) in [5.41, 5.74) is 1.38. The van der Waals surface area contributed by atoms with E-state index in [1.165, 1.54) is 12.4 Å². The quantitative estimate of drug-likeness (QED) is 0.864. The van der Waals surface area contributed by atoms with Gasteiger partial charge in [-0.1, -0.05) is 6.92 Å². The molecule has 128 valence electrons. The number of nitrogens with zero attached hydrogens (tertiary/aromatic N) is 5. The molecule has 0 radical (unpaired) electrons. The van der Waals surface area contributed by atoms with Gasteiger partial charge >= 0.3 is 6.55 Å². The number of imidazole rings is 1. The molecule has 0 spiro atoms. The minimum atomic E-state index is -2.65. The first-order valence-electron chi connectivity index (χ1n) is 8.20. The maximum atomic E-state index is 12.7. The van der Waals surface area contributed by atoms with Crippen LogP contribution in [0.4, 0.5) is 8.78 Å². The number of fused-ring (bicyclic) bond motifs is 1. The Morgan fingerprint density at radius 2 is 2.08 bits per heavy atom. The lowest BCUT2D eigenvalue weighted by Crippen LogP contribution is -2.35. The molecule has 1 aliphatic carbocycles. The Hall–Kier alpha value is -2.25. The van der Waals surface area contributed by atoms with Crippen molar-refractivity contribution < 1.29 is 13.6 Å². The second kappa shape index (κ2) is 5.68. The molecule has 0 N–H and O–H groups in total. The van der Waals surface area contributed by atoms with E-state index < -0.39 is 6.55 Å². The van der Waals surface area contributed by atoms with Crippen molar-refractivity contribution in [1.29, 1.82) is 0 Å². The van der Waals surface area contributed by atoms with Crippen molar-refractivity contribution in [2.45, 2.75) is 32.9 Å². The molecule has 2 aromatic heterocycles. The number of aromatic nitrogens is 4. The topological polar surface area (TPSA) is 56.0 Å². The van der Waals surface area contributed by atoms with Gasteiger partial charge in [0.1, 0.15) is 5.82 Å². The van der Waals surface area contributed by atoms with E-state index in [2.05, 4.69) is 17.0 Å². The normalized spacial score (nSPS) is 23.2. The first kappa shape index (κ1) is 15.3. The Kier molecular flexibility index (Phi) is 3.62. The van der Waals surface area contributed by atoms with Crippen LogP contribution in [-0.4, -0.2) is 43.2 Å². The van der Waals surface area contributed by atoms with Crippen LogP contribution in [0.1, 0.15) is 25.7 Å². The molecule has 24 heavy (non-hydrogen) atoms. The molecular weight excluding hydrogens is 316 g/mol. The summed E-state index contributed by atoms with van der Waals surface area (Å²) in [7, 11) is 0. The van der Waals surface area contributed by atoms with Crippen molar-refractivity contribution in [3.63, 3.8) is 0 Å². The average molecular weight is 335 g/mol. The SMILES string of the molecule is C[C@H]1C[C@H]1C(=O)N1CCc2ncc(-c3cnn(C(F)F)c3)n2CC1. The second-order valence-corrected chi connectivity index (χ2v) is 6.59. The largest absolute Gasteiger partial charge is 0.340 e. The molecule has 8 heteroatoms. The van der Waals surface area contributed by atoms with Gasteiger partial charge in [-0.3, -0.25) is 4.79 Å². The Bertz CT molecular complexity index is 768. The van der Waals surface area contributed by atoms with E-state index in [9.17, 15) is 13.6 Å². The minimum absolute atomic E-state index is 0.180. The van der Waals surface area contributed by atoms with Gasteiger partial charge in [0.25, 0.3) is 0 Å². The van der Waals surface area contributed by atoms with Crippen molar-refractivity contribution in [2.75, 3.05) is 13.1 Å². The fourth-order valence-electron chi connectivity index (χ4n) is 3.36. The lowest BCUT2D eigenvalue weighted by Gasteiger charge is -2.20. The zero-order chi connectivity index (χ0) is 16.8. The fourth-order valence-corrected chi connectivity index (χ4v) is 3.36. The highest BCUT2D eigenvalue weighted by Crippen LogP contribution is 2.39. The third-order valence-electron chi connectivity index (χ3n) is 4.97. The van der Waals surface area contributed by atoms with E-state index in [4.69, 9.17) is 0 Å². The summed E-state index contributed by atoms with van der Waals surface area (Å²) in [6.45, 7) is 1.36. The Morgan fingerprint density at radius 3 is 2.75 bits per heavy atom. The molecule has 0 aromatic carbocycles.